The van der Waals surface area contributed by atoms with Crippen LogP contribution in [0, 0.1) is 0 Å². The summed E-state index contributed by atoms with van der Waals surface area (Å²) in [4.78, 5) is 3.71. The van der Waals surface area contributed by atoms with Gasteiger partial charge >= 0.3 is 19.5 Å². The fraction of sp³-hybridized carbons (Fsp3) is 0.700. The van der Waals surface area contributed by atoms with E-state index in [1.165, 1.54) is 0 Å². The van der Waals surface area contributed by atoms with Crippen molar-refractivity contribution in [2.45, 2.75) is 0 Å². The molecule has 0 amide bonds. The molecule has 0 aliphatic rings. The van der Waals surface area contributed by atoms with Crippen molar-refractivity contribution in [2.75, 3.05) is 48.3 Å². The van der Waals surface area contributed by atoms with Crippen LogP contribution >= 0.6 is 49.3 Å². The van der Waals surface area contributed by atoms with Crippen molar-refractivity contribution >= 4 is 87.5 Å². The fourth-order valence-electron chi connectivity index (χ4n) is 0.334. The molecule has 0 aliphatic carbocycles. The van der Waals surface area contributed by atoms with Gasteiger partial charge in [0.2, 0.25) is 0 Å². The normalized spacial score (nSPS) is 7.95. The summed E-state index contributed by atoms with van der Waals surface area (Å²) in [6.45, 7) is 1.38. The van der Waals surface area contributed by atoms with Crippen LogP contribution in [0.3, 0.4) is 0 Å². The first kappa shape index (κ1) is 30.0. The Hall–Kier alpha value is 1.04. The Balaban J connectivity index is -0.000000113. The van der Waals surface area contributed by atoms with Crippen molar-refractivity contribution in [1.82, 2.24) is 20.4 Å². The van der Waals surface area contributed by atoms with Crippen LogP contribution < -0.4 is 10.6 Å². The Labute approximate surface area is 174 Å². The van der Waals surface area contributed by atoms with E-state index in [0.717, 1.165) is 0 Å². The second kappa shape index (κ2) is 21.0. The molecule has 0 saturated heterocycles. The molecule has 0 saturated carbocycles. The Morgan fingerprint density at radius 2 is 1.24 bits per heavy atom. The predicted molar refractivity (Wildman–Crippen MR) is 111 cm³/mol. The molecule has 0 aliphatic heterocycles. The molecule has 0 aromatic rings. The van der Waals surface area contributed by atoms with Gasteiger partial charge in [0.1, 0.15) is 4.32 Å². The van der Waals surface area contributed by atoms with Crippen molar-refractivity contribution in [1.29, 1.82) is 0 Å². The minimum atomic E-state index is 0. The van der Waals surface area contributed by atoms with Gasteiger partial charge in [-0.3, -0.25) is 0 Å². The summed E-state index contributed by atoms with van der Waals surface area (Å²) in [6, 6.07) is 0. The smallest absolute Gasteiger partial charge is 0.412 e. The summed E-state index contributed by atoms with van der Waals surface area (Å²) in [5, 5.41) is 5.62. The molecular weight excluding hydrogens is 434 g/mol. The molecule has 0 heterocycles. The third-order valence-corrected chi connectivity index (χ3v) is 2.36. The second-order valence-electron chi connectivity index (χ2n) is 3.95. The van der Waals surface area contributed by atoms with Crippen molar-refractivity contribution in [3.63, 3.8) is 0 Å². The fourth-order valence-corrected chi connectivity index (χ4v) is 0.752. The SMILES string of the molecule is CN(C)C.CN(C)C(=S)[S-].S=C([S-])NCCNC(=S)S.[Zn+2]. The van der Waals surface area contributed by atoms with E-state index in [2.05, 4.69) is 85.2 Å². The van der Waals surface area contributed by atoms with E-state index < -0.39 is 0 Å². The Morgan fingerprint density at radius 1 is 0.952 bits per heavy atom. The van der Waals surface area contributed by atoms with Gasteiger partial charge in [-0.15, -0.1) is 12.6 Å². The number of nitrogens with zero attached hydrogens (tertiary/aromatic N) is 2. The van der Waals surface area contributed by atoms with E-state index in [9.17, 15) is 0 Å². The van der Waals surface area contributed by atoms with Gasteiger partial charge in [0.05, 0.1) is 0 Å². The molecular formula is C10H22N4S6Zn. The molecule has 0 aromatic carbocycles. The number of nitrogens with one attached hydrogen (secondary N) is 2. The molecule has 0 spiro atoms. The third-order valence-electron chi connectivity index (χ3n) is 1.04. The Morgan fingerprint density at radius 3 is 1.43 bits per heavy atom. The molecule has 0 bridgehead atoms. The number of thiocarbonyl (C=S) groups is 3. The number of hydrogen-bond donors (Lipinski definition) is 3. The van der Waals surface area contributed by atoms with Gasteiger partial charge in [-0.1, -0.05) is 20.9 Å². The molecule has 2 N–H and O–H groups in total. The first-order valence-corrected chi connectivity index (χ1v) is 7.90. The average molecular weight is 456 g/mol. The van der Waals surface area contributed by atoms with Crippen molar-refractivity contribution in [2.24, 2.45) is 0 Å². The molecule has 0 rings (SSSR count). The maximum absolute atomic E-state index is 4.64. The average Bonchev–Trinajstić information content (AvgIpc) is 2.23. The van der Waals surface area contributed by atoms with E-state index >= 15 is 0 Å². The van der Waals surface area contributed by atoms with E-state index in [1.807, 2.05) is 40.1 Å². The van der Waals surface area contributed by atoms with Gasteiger partial charge < -0.3 is 70.1 Å². The number of rotatable bonds is 3. The van der Waals surface area contributed by atoms with Gasteiger partial charge in [0.15, 0.2) is 0 Å². The van der Waals surface area contributed by atoms with Crippen LogP contribution in [0.15, 0.2) is 0 Å². The first-order chi connectivity index (χ1) is 9.00. The third kappa shape index (κ3) is 52.6. The van der Waals surface area contributed by atoms with Gasteiger partial charge in [-0.25, -0.2) is 0 Å². The minimum absolute atomic E-state index is 0. The van der Waals surface area contributed by atoms with Crippen molar-refractivity contribution in [3.8, 4) is 0 Å². The van der Waals surface area contributed by atoms with Gasteiger partial charge in [-0.05, 0) is 21.1 Å². The molecule has 0 aromatic heterocycles. The molecule has 0 unspecified atom stereocenters. The molecule has 120 valence electrons. The van der Waals surface area contributed by atoms with E-state index in [4.69, 9.17) is 0 Å². The van der Waals surface area contributed by atoms with Crippen LogP contribution in [0.5, 0.6) is 0 Å². The van der Waals surface area contributed by atoms with E-state index in [-0.39, 0.29) is 19.5 Å². The van der Waals surface area contributed by atoms with Crippen LogP contribution in [0.1, 0.15) is 0 Å². The summed E-state index contributed by atoms with van der Waals surface area (Å²) in [6.07, 6.45) is 0. The number of thiol groups is 1. The summed E-state index contributed by atoms with van der Waals surface area (Å²) < 4.78 is 1.37. The zero-order chi connectivity index (χ0) is 16.7. The van der Waals surface area contributed by atoms with Gasteiger partial charge in [-0.2, -0.15) is 0 Å². The van der Waals surface area contributed by atoms with Crippen molar-refractivity contribution < 1.29 is 19.5 Å². The standard InChI is InChI=1S/C4H8N2S4.C3H7NS2.C3H9N.Zn/c7-3(8)5-1-2-6-4(9)10;1-4(2)3(5)6;1-4(2)3;/h1-2H2,(H2,5,7,8)(H2,6,9,10);1-2H3,(H,5,6);1-3H3;/q;;;+2/p-2. The summed E-state index contributed by atoms with van der Waals surface area (Å²) >= 11 is 26.8. The predicted octanol–water partition coefficient (Wildman–Crippen LogP) is 0.767. The second-order valence-corrected chi connectivity index (χ2v) is 7.21. The maximum Gasteiger partial charge on any atom is 2.00 e. The van der Waals surface area contributed by atoms with Crippen LogP contribution in [-0.4, -0.2) is 71.1 Å². The zero-order valence-electron chi connectivity index (χ0n) is 13.0. The minimum Gasteiger partial charge on any atom is -0.412 e. The molecule has 21 heavy (non-hydrogen) atoms. The van der Waals surface area contributed by atoms with Crippen LogP contribution in [-0.2, 0) is 44.7 Å². The topological polar surface area (TPSA) is 30.5 Å². The summed E-state index contributed by atoms with van der Waals surface area (Å²) in [5.41, 5.74) is 0. The van der Waals surface area contributed by atoms with Gasteiger partial charge in [0.25, 0.3) is 0 Å². The van der Waals surface area contributed by atoms with E-state index in [0.29, 0.717) is 26.1 Å². The van der Waals surface area contributed by atoms with Gasteiger partial charge in [0, 0.05) is 27.2 Å². The molecule has 0 radical (unpaired) electrons. The van der Waals surface area contributed by atoms with E-state index in [1.54, 1.807) is 4.90 Å². The zero-order valence-corrected chi connectivity index (χ0v) is 20.9. The molecule has 11 heteroatoms. The first-order valence-electron chi connectivity index (χ1n) is 5.41. The van der Waals surface area contributed by atoms with Crippen molar-refractivity contribution in [3.05, 3.63) is 0 Å². The molecule has 0 fully saturated rings. The molecule has 0 atom stereocenters. The quantitative estimate of drug-likeness (QED) is 0.188. The Bertz CT molecular complexity index is 270. The van der Waals surface area contributed by atoms with Crippen LogP contribution in [0.2, 0.25) is 0 Å². The summed E-state index contributed by atoms with van der Waals surface area (Å²) in [7, 11) is 9.66. The monoisotopic (exact) mass is 454 g/mol. The summed E-state index contributed by atoms with van der Waals surface area (Å²) in [5.74, 6) is 0. The maximum atomic E-state index is 4.64. The number of hydrogen-bond acceptors (Lipinski definition) is 6. The largest absolute Gasteiger partial charge is 2.00 e. The Kier molecular flexibility index (Phi) is 30.0. The van der Waals surface area contributed by atoms with Crippen LogP contribution in [0.4, 0.5) is 0 Å². The molecule has 4 nitrogen and oxygen atoms in total. The van der Waals surface area contributed by atoms with Crippen LogP contribution in [0.25, 0.3) is 0 Å².